The Balaban J connectivity index is 2.90. The second-order valence-corrected chi connectivity index (χ2v) is 4.45. The molecular formula is C13H18F2N2O2. The first-order valence-electron chi connectivity index (χ1n) is 5.98. The Morgan fingerprint density at radius 2 is 2.11 bits per heavy atom. The molecule has 1 aromatic rings. The van der Waals surface area contributed by atoms with Gasteiger partial charge in [0.25, 0.3) is 0 Å². The Hall–Kier alpha value is -1.69. The van der Waals surface area contributed by atoms with Gasteiger partial charge in [-0.1, -0.05) is 19.1 Å². The summed E-state index contributed by atoms with van der Waals surface area (Å²) in [6.45, 7) is 0.797. The van der Waals surface area contributed by atoms with E-state index in [1.165, 1.54) is 12.1 Å². The fourth-order valence-electron chi connectivity index (χ4n) is 1.44. The summed E-state index contributed by atoms with van der Waals surface area (Å²) < 4.78 is 28.8. The fraction of sp³-hybridized carbons (Fsp3) is 0.462. The van der Waals surface area contributed by atoms with Crippen molar-refractivity contribution in [2.45, 2.75) is 26.9 Å². The van der Waals surface area contributed by atoms with Crippen LogP contribution in [0.25, 0.3) is 0 Å². The molecule has 1 atom stereocenters. The lowest BCUT2D eigenvalue weighted by Gasteiger charge is -2.25. The highest BCUT2D eigenvalue weighted by molar-refractivity contribution is 5.96. The predicted molar refractivity (Wildman–Crippen MR) is 69.2 cm³/mol. The number of benzene rings is 1. The summed E-state index contributed by atoms with van der Waals surface area (Å²) in [5, 5.41) is 2.58. The van der Waals surface area contributed by atoms with Crippen molar-refractivity contribution in [1.29, 1.82) is 0 Å². The highest BCUT2D eigenvalue weighted by Gasteiger charge is 2.30. The number of nitrogens with one attached hydrogen (secondary N) is 1. The maximum Gasteiger partial charge on any atom is 0.387 e. The molecule has 19 heavy (non-hydrogen) atoms. The Kier molecular flexibility index (Phi) is 5.23. The quantitative estimate of drug-likeness (QED) is 0.836. The Morgan fingerprint density at radius 1 is 1.47 bits per heavy atom. The minimum Gasteiger partial charge on any atom is -0.433 e. The highest BCUT2D eigenvalue weighted by atomic mass is 19.3. The molecule has 106 valence electrons. The van der Waals surface area contributed by atoms with E-state index in [2.05, 4.69) is 10.1 Å². The second-order valence-electron chi connectivity index (χ2n) is 4.45. The molecule has 1 rings (SSSR count). The molecule has 0 saturated carbocycles. The van der Waals surface area contributed by atoms with Crippen LogP contribution in [0, 0.1) is 5.41 Å². The van der Waals surface area contributed by atoms with E-state index in [1.807, 2.05) is 6.92 Å². The van der Waals surface area contributed by atoms with Crippen molar-refractivity contribution in [3.63, 3.8) is 0 Å². The highest BCUT2D eigenvalue weighted by Crippen LogP contribution is 2.28. The third-order valence-corrected chi connectivity index (χ3v) is 3.13. The van der Waals surface area contributed by atoms with Crippen LogP contribution in [0.4, 0.5) is 14.5 Å². The van der Waals surface area contributed by atoms with Crippen molar-refractivity contribution in [1.82, 2.24) is 0 Å². The van der Waals surface area contributed by atoms with Gasteiger partial charge in [-0.05, 0) is 25.5 Å². The number of hydrogen-bond donors (Lipinski definition) is 2. The van der Waals surface area contributed by atoms with Crippen molar-refractivity contribution in [2.24, 2.45) is 11.1 Å². The zero-order chi connectivity index (χ0) is 14.5. The van der Waals surface area contributed by atoms with E-state index >= 15 is 0 Å². The Bertz CT molecular complexity index is 434. The molecule has 0 radical (unpaired) electrons. The van der Waals surface area contributed by atoms with Crippen molar-refractivity contribution in [3.05, 3.63) is 24.3 Å². The van der Waals surface area contributed by atoms with Crippen LogP contribution in [0.1, 0.15) is 20.3 Å². The van der Waals surface area contributed by atoms with Gasteiger partial charge in [0.2, 0.25) is 5.91 Å². The summed E-state index contributed by atoms with van der Waals surface area (Å²) in [4.78, 5) is 12.1. The van der Waals surface area contributed by atoms with Crippen LogP contribution in [0.3, 0.4) is 0 Å². The van der Waals surface area contributed by atoms with Gasteiger partial charge in [-0.2, -0.15) is 8.78 Å². The molecule has 0 fully saturated rings. The van der Waals surface area contributed by atoms with Crippen molar-refractivity contribution >= 4 is 11.6 Å². The summed E-state index contributed by atoms with van der Waals surface area (Å²) >= 11 is 0. The Labute approximate surface area is 110 Å². The van der Waals surface area contributed by atoms with Gasteiger partial charge >= 0.3 is 6.61 Å². The average Bonchev–Trinajstić information content (AvgIpc) is 2.39. The van der Waals surface area contributed by atoms with E-state index in [0.29, 0.717) is 6.42 Å². The minimum atomic E-state index is -2.94. The largest absolute Gasteiger partial charge is 0.433 e. The second kappa shape index (κ2) is 6.47. The van der Waals surface area contributed by atoms with Crippen LogP contribution in [0.15, 0.2) is 24.3 Å². The molecule has 0 spiro atoms. The molecular weight excluding hydrogens is 254 g/mol. The molecule has 0 bridgehead atoms. The molecule has 0 aromatic heterocycles. The topological polar surface area (TPSA) is 64.4 Å². The monoisotopic (exact) mass is 272 g/mol. The first-order valence-corrected chi connectivity index (χ1v) is 5.98. The standard InChI is InChI=1S/C13H18F2N2O2/c1-3-13(2,8-16)11(18)17-9-6-4-5-7-10(9)19-12(14)15/h4-7,12H,3,8,16H2,1-2H3,(H,17,18). The van der Waals surface area contributed by atoms with Crippen molar-refractivity contribution in [2.75, 3.05) is 11.9 Å². The molecule has 1 amide bonds. The predicted octanol–water partition coefficient (Wildman–Crippen LogP) is 2.60. The van der Waals surface area contributed by atoms with Crippen LogP contribution in [0.5, 0.6) is 5.75 Å². The van der Waals surface area contributed by atoms with Gasteiger partial charge < -0.3 is 15.8 Å². The van der Waals surface area contributed by atoms with E-state index in [1.54, 1.807) is 19.1 Å². The number of ether oxygens (including phenoxy) is 1. The normalized spacial score (nSPS) is 14.0. The number of amides is 1. The summed E-state index contributed by atoms with van der Waals surface area (Å²) in [6.07, 6.45) is 0.549. The SMILES string of the molecule is CCC(C)(CN)C(=O)Nc1ccccc1OC(F)F. The lowest BCUT2D eigenvalue weighted by molar-refractivity contribution is -0.124. The number of halogens is 2. The maximum absolute atomic E-state index is 12.2. The van der Waals surface area contributed by atoms with Gasteiger partial charge in [0, 0.05) is 6.54 Å². The zero-order valence-corrected chi connectivity index (χ0v) is 11.0. The van der Waals surface area contributed by atoms with Gasteiger partial charge in [-0.25, -0.2) is 0 Å². The number of carbonyl (C=O) groups is 1. The molecule has 0 aliphatic heterocycles. The number of alkyl halides is 2. The number of carbonyl (C=O) groups excluding carboxylic acids is 1. The van der Waals surface area contributed by atoms with Crippen LogP contribution in [0.2, 0.25) is 0 Å². The van der Waals surface area contributed by atoms with E-state index in [4.69, 9.17) is 5.73 Å². The third-order valence-electron chi connectivity index (χ3n) is 3.13. The summed E-state index contributed by atoms with van der Waals surface area (Å²) in [6, 6.07) is 6.05. The molecule has 0 saturated heterocycles. The third kappa shape index (κ3) is 3.89. The van der Waals surface area contributed by atoms with E-state index in [-0.39, 0.29) is 23.9 Å². The molecule has 4 nitrogen and oxygen atoms in total. The first-order chi connectivity index (χ1) is 8.92. The van der Waals surface area contributed by atoms with Crippen LogP contribution in [-0.4, -0.2) is 19.1 Å². The minimum absolute atomic E-state index is 0.0682. The number of nitrogens with two attached hydrogens (primary N) is 1. The van der Waals surface area contributed by atoms with Crippen LogP contribution in [-0.2, 0) is 4.79 Å². The summed E-state index contributed by atoms with van der Waals surface area (Å²) in [5.41, 5.74) is 5.05. The smallest absolute Gasteiger partial charge is 0.387 e. The van der Waals surface area contributed by atoms with Crippen molar-refractivity contribution in [3.8, 4) is 5.75 Å². The molecule has 6 heteroatoms. The number of rotatable bonds is 6. The molecule has 0 aliphatic rings. The molecule has 3 N–H and O–H groups in total. The Morgan fingerprint density at radius 3 is 2.63 bits per heavy atom. The number of para-hydroxylation sites is 2. The van der Waals surface area contributed by atoms with E-state index in [9.17, 15) is 13.6 Å². The van der Waals surface area contributed by atoms with Gasteiger partial charge in [0.05, 0.1) is 11.1 Å². The lowest BCUT2D eigenvalue weighted by atomic mass is 9.86. The molecule has 0 heterocycles. The molecule has 1 unspecified atom stereocenters. The van der Waals surface area contributed by atoms with Gasteiger partial charge in [-0.3, -0.25) is 4.79 Å². The molecule has 0 aliphatic carbocycles. The van der Waals surface area contributed by atoms with E-state index in [0.717, 1.165) is 0 Å². The van der Waals surface area contributed by atoms with E-state index < -0.39 is 12.0 Å². The summed E-state index contributed by atoms with van der Waals surface area (Å²) in [7, 11) is 0. The van der Waals surface area contributed by atoms with Gasteiger partial charge in [0.15, 0.2) is 0 Å². The summed E-state index contributed by atoms with van der Waals surface area (Å²) in [5.74, 6) is -0.385. The van der Waals surface area contributed by atoms with Crippen LogP contribution < -0.4 is 15.8 Å². The van der Waals surface area contributed by atoms with Crippen molar-refractivity contribution < 1.29 is 18.3 Å². The number of hydrogen-bond acceptors (Lipinski definition) is 3. The zero-order valence-electron chi connectivity index (χ0n) is 11.0. The first kappa shape index (κ1) is 15.4. The van der Waals surface area contributed by atoms with Gasteiger partial charge in [0.1, 0.15) is 5.75 Å². The maximum atomic E-state index is 12.2. The van der Waals surface area contributed by atoms with Gasteiger partial charge in [-0.15, -0.1) is 0 Å². The fourth-order valence-corrected chi connectivity index (χ4v) is 1.44. The molecule has 1 aromatic carbocycles. The number of anilines is 1. The van der Waals surface area contributed by atoms with Crippen LogP contribution >= 0.6 is 0 Å². The lowest BCUT2D eigenvalue weighted by Crippen LogP contribution is -2.39. The average molecular weight is 272 g/mol.